The highest BCUT2D eigenvalue weighted by atomic mass is 32.2. The number of halogens is 1. The second kappa shape index (κ2) is 7.96. The van der Waals surface area contributed by atoms with Gasteiger partial charge in [0.15, 0.2) is 14.2 Å². The molecule has 1 aromatic heterocycles. The van der Waals surface area contributed by atoms with Crippen LogP contribution in [0.15, 0.2) is 28.6 Å². The van der Waals surface area contributed by atoms with Gasteiger partial charge >= 0.3 is 0 Å². The molecular weight excluding hydrogens is 423 g/mol. The van der Waals surface area contributed by atoms with Crippen LogP contribution in [0.1, 0.15) is 19.3 Å². The minimum atomic E-state index is -3.03. The number of thioether (sulfide) groups is 1. The zero-order valence-electron chi connectivity index (χ0n) is 14.9. The Balaban J connectivity index is 1.35. The van der Waals surface area contributed by atoms with Gasteiger partial charge in [-0.1, -0.05) is 29.2 Å². The Morgan fingerprint density at radius 2 is 2.11 bits per heavy atom. The molecule has 7 nitrogen and oxygen atoms in total. The number of aromatic nitrogens is 2. The van der Waals surface area contributed by atoms with Crippen molar-refractivity contribution in [3.63, 3.8) is 0 Å². The third kappa shape index (κ3) is 4.81. The van der Waals surface area contributed by atoms with Crippen LogP contribution in [0.25, 0.3) is 0 Å². The summed E-state index contributed by atoms with van der Waals surface area (Å²) in [6.07, 6.45) is 2.40. The minimum absolute atomic E-state index is 0.0514. The van der Waals surface area contributed by atoms with E-state index in [2.05, 4.69) is 15.5 Å². The lowest BCUT2D eigenvalue weighted by atomic mass is 10.2. The normalized spacial score (nSPS) is 20.8. The zero-order chi connectivity index (χ0) is 19.7. The first-order chi connectivity index (χ1) is 13.4. The highest BCUT2D eigenvalue weighted by molar-refractivity contribution is 8.01. The van der Waals surface area contributed by atoms with E-state index in [-0.39, 0.29) is 41.1 Å². The van der Waals surface area contributed by atoms with Crippen LogP contribution in [0.5, 0.6) is 0 Å². The number of sulfone groups is 1. The van der Waals surface area contributed by atoms with Gasteiger partial charge in [0.05, 0.1) is 17.3 Å². The van der Waals surface area contributed by atoms with Crippen molar-refractivity contribution in [2.75, 3.05) is 22.6 Å². The Morgan fingerprint density at radius 1 is 1.29 bits per heavy atom. The van der Waals surface area contributed by atoms with Crippen LogP contribution in [0, 0.1) is 5.82 Å². The van der Waals surface area contributed by atoms with E-state index in [1.54, 1.807) is 17.0 Å². The topological polar surface area (TPSA) is 92.3 Å². The quantitative estimate of drug-likeness (QED) is 0.659. The molecule has 28 heavy (non-hydrogen) atoms. The number of anilines is 2. The standard InChI is InChI=1S/C17H19FN4O3S3/c18-11-2-1-3-12(8-11)19-16-20-21-17(27-16)26-9-15(23)22(13-4-5-13)14-6-7-28(24,25)10-14/h1-3,8,13-14H,4-7,9-10H2,(H,19,20). The highest BCUT2D eigenvalue weighted by Gasteiger charge is 2.41. The molecule has 0 spiro atoms. The van der Waals surface area contributed by atoms with Gasteiger partial charge < -0.3 is 10.2 Å². The lowest BCUT2D eigenvalue weighted by molar-refractivity contribution is -0.130. The van der Waals surface area contributed by atoms with E-state index in [1.165, 1.54) is 35.2 Å². The average molecular weight is 443 g/mol. The predicted molar refractivity (Wildman–Crippen MR) is 107 cm³/mol. The number of nitrogens with zero attached hydrogens (tertiary/aromatic N) is 3. The summed E-state index contributed by atoms with van der Waals surface area (Å²) >= 11 is 2.57. The third-order valence-corrected chi connectivity index (χ3v) is 8.34. The molecule has 0 radical (unpaired) electrons. The summed E-state index contributed by atoms with van der Waals surface area (Å²) in [5.74, 6) is 0.0303. The Hall–Kier alpha value is -1.72. The number of hydrogen-bond acceptors (Lipinski definition) is 8. The van der Waals surface area contributed by atoms with Crippen molar-refractivity contribution in [2.45, 2.75) is 35.7 Å². The summed E-state index contributed by atoms with van der Waals surface area (Å²) in [5, 5.41) is 11.6. The van der Waals surface area contributed by atoms with Crippen molar-refractivity contribution in [3.05, 3.63) is 30.1 Å². The lowest BCUT2D eigenvalue weighted by Crippen LogP contribution is -2.43. The molecule has 1 aromatic carbocycles. The Labute approximate surface area is 170 Å². The van der Waals surface area contributed by atoms with E-state index in [1.807, 2.05) is 0 Å². The maximum Gasteiger partial charge on any atom is 0.233 e. The smallest absolute Gasteiger partial charge is 0.233 e. The van der Waals surface area contributed by atoms with Gasteiger partial charge in [0, 0.05) is 17.8 Å². The molecule has 2 fully saturated rings. The predicted octanol–water partition coefficient (Wildman–Crippen LogP) is 2.69. The van der Waals surface area contributed by atoms with Crippen molar-refractivity contribution in [1.29, 1.82) is 0 Å². The van der Waals surface area contributed by atoms with Gasteiger partial charge in [0.25, 0.3) is 0 Å². The van der Waals surface area contributed by atoms with Gasteiger partial charge in [-0.15, -0.1) is 10.2 Å². The summed E-state index contributed by atoms with van der Waals surface area (Å²) in [7, 11) is -3.03. The molecular formula is C17H19FN4O3S3. The number of amides is 1. The number of rotatable bonds is 7. The van der Waals surface area contributed by atoms with Crippen LogP contribution in [-0.2, 0) is 14.6 Å². The molecule has 1 N–H and O–H groups in total. The van der Waals surface area contributed by atoms with Crippen LogP contribution < -0.4 is 5.32 Å². The van der Waals surface area contributed by atoms with Gasteiger partial charge in [-0.25, -0.2) is 12.8 Å². The SMILES string of the molecule is O=C(CSc1nnc(Nc2cccc(F)c2)s1)N(C1CC1)C1CCS(=O)(=O)C1. The van der Waals surface area contributed by atoms with Crippen LogP contribution in [0.4, 0.5) is 15.2 Å². The van der Waals surface area contributed by atoms with Gasteiger partial charge in [-0.2, -0.15) is 0 Å². The van der Waals surface area contributed by atoms with E-state index in [4.69, 9.17) is 0 Å². The molecule has 150 valence electrons. The second-order valence-electron chi connectivity index (χ2n) is 6.89. The fourth-order valence-electron chi connectivity index (χ4n) is 3.26. The number of carbonyl (C=O) groups excluding carboxylic acids is 1. The zero-order valence-corrected chi connectivity index (χ0v) is 17.3. The molecule has 2 aromatic rings. The lowest BCUT2D eigenvalue weighted by Gasteiger charge is -2.28. The molecule has 2 aliphatic rings. The van der Waals surface area contributed by atoms with Crippen molar-refractivity contribution in [1.82, 2.24) is 15.1 Å². The van der Waals surface area contributed by atoms with Crippen LogP contribution in [0.2, 0.25) is 0 Å². The van der Waals surface area contributed by atoms with E-state index in [9.17, 15) is 17.6 Å². The molecule has 1 atom stereocenters. The molecule has 1 saturated heterocycles. The second-order valence-corrected chi connectivity index (χ2v) is 11.3. The maximum absolute atomic E-state index is 13.3. The van der Waals surface area contributed by atoms with Gasteiger partial charge in [-0.3, -0.25) is 4.79 Å². The molecule has 1 saturated carbocycles. The minimum Gasteiger partial charge on any atom is -0.335 e. The van der Waals surface area contributed by atoms with Crippen molar-refractivity contribution >= 4 is 49.7 Å². The molecule has 11 heteroatoms. The fraction of sp³-hybridized carbons (Fsp3) is 0.471. The monoisotopic (exact) mass is 442 g/mol. The van der Waals surface area contributed by atoms with Crippen LogP contribution >= 0.6 is 23.1 Å². The largest absolute Gasteiger partial charge is 0.335 e. The van der Waals surface area contributed by atoms with Gasteiger partial charge in [0.2, 0.25) is 11.0 Å². The van der Waals surface area contributed by atoms with Crippen LogP contribution in [0.3, 0.4) is 0 Å². The summed E-state index contributed by atoms with van der Waals surface area (Å²) < 4.78 is 37.4. The first-order valence-corrected chi connectivity index (χ1v) is 12.5. The molecule has 2 heterocycles. The molecule has 1 unspecified atom stereocenters. The Bertz CT molecular complexity index is 978. The molecule has 1 amide bonds. The molecule has 1 aliphatic carbocycles. The number of hydrogen-bond donors (Lipinski definition) is 1. The van der Waals surface area contributed by atoms with E-state index < -0.39 is 9.84 Å². The first kappa shape index (κ1) is 19.6. The average Bonchev–Trinajstić information content (AvgIpc) is 3.26. The molecule has 0 bridgehead atoms. The van der Waals surface area contributed by atoms with Crippen molar-refractivity contribution < 1.29 is 17.6 Å². The maximum atomic E-state index is 13.3. The first-order valence-electron chi connectivity index (χ1n) is 8.90. The summed E-state index contributed by atoms with van der Waals surface area (Å²) in [6, 6.07) is 6.02. The number of benzene rings is 1. The summed E-state index contributed by atoms with van der Waals surface area (Å²) in [5.41, 5.74) is 0.575. The number of carbonyl (C=O) groups is 1. The van der Waals surface area contributed by atoms with Crippen LogP contribution in [-0.4, -0.2) is 58.8 Å². The van der Waals surface area contributed by atoms with Crippen molar-refractivity contribution in [3.8, 4) is 0 Å². The highest BCUT2D eigenvalue weighted by Crippen LogP contribution is 2.34. The third-order valence-electron chi connectivity index (χ3n) is 4.63. The summed E-state index contributed by atoms with van der Waals surface area (Å²) in [6.45, 7) is 0. The van der Waals surface area contributed by atoms with Gasteiger partial charge in [-0.05, 0) is 37.5 Å². The van der Waals surface area contributed by atoms with Crippen molar-refractivity contribution in [2.24, 2.45) is 0 Å². The Kier molecular flexibility index (Phi) is 5.57. The van der Waals surface area contributed by atoms with E-state index >= 15 is 0 Å². The van der Waals surface area contributed by atoms with Gasteiger partial charge in [0.1, 0.15) is 5.82 Å². The Morgan fingerprint density at radius 3 is 2.79 bits per heavy atom. The molecule has 1 aliphatic heterocycles. The number of nitrogens with one attached hydrogen (secondary N) is 1. The summed E-state index contributed by atoms with van der Waals surface area (Å²) in [4.78, 5) is 14.5. The van der Waals surface area contributed by atoms with E-state index in [0.717, 1.165) is 12.8 Å². The molecule has 4 rings (SSSR count). The van der Waals surface area contributed by atoms with E-state index in [0.29, 0.717) is 21.6 Å². The fourth-order valence-corrected chi connectivity index (χ4v) is 6.61.